The Labute approximate surface area is 340 Å². The van der Waals surface area contributed by atoms with Crippen LogP contribution in [0.15, 0.2) is 97.1 Å². The molecule has 0 aliphatic heterocycles. The lowest BCUT2D eigenvalue weighted by molar-refractivity contribution is -0.144. The van der Waals surface area contributed by atoms with Gasteiger partial charge >= 0.3 is 27.6 Å². The third kappa shape index (κ3) is 13.4. The molecule has 18 heteroatoms. The van der Waals surface area contributed by atoms with Gasteiger partial charge in [0.05, 0.1) is 26.1 Å². The number of esters is 2. The number of hydrogen-bond donors (Lipinski definition) is 4. The number of phosphoric ester groups is 2. The highest BCUT2D eigenvalue weighted by Gasteiger charge is 2.59. The van der Waals surface area contributed by atoms with Gasteiger partial charge in [-0.05, 0) is 59.1 Å². The Morgan fingerprint density at radius 3 is 1.32 bits per heavy atom. The molecule has 0 spiro atoms. The maximum absolute atomic E-state index is 12.1. The number of benzene rings is 2. The smallest absolute Gasteiger partial charge is 0.469 e. The highest BCUT2D eigenvalue weighted by atomic mass is 32.2. The number of thioether (sulfide) groups is 2. The van der Waals surface area contributed by atoms with Crippen LogP contribution in [0.3, 0.4) is 0 Å². The van der Waals surface area contributed by atoms with Gasteiger partial charge in [-0.1, -0.05) is 72.9 Å². The van der Waals surface area contributed by atoms with Crippen LogP contribution in [0.2, 0.25) is 0 Å². The van der Waals surface area contributed by atoms with E-state index in [1.165, 1.54) is 23.5 Å². The molecule has 4 atom stereocenters. The summed E-state index contributed by atoms with van der Waals surface area (Å²) in [5, 5.41) is 0. The van der Waals surface area contributed by atoms with Gasteiger partial charge < -0.3 is 38.5 Å². The van der Waals surface area contributed by atoms with E-state index < -0.39 is 21.1 Å². The molecule has 3 aliphatic carbocycles. The average molecular weight is 867 g/mol. The van der Waals surface area contributed by atoms with Crippen LogP contribution in [-0.4, -0.2) is 94.2 Å². The first-order valence-electron chi connectivity index (χ1n) is 18.4. The maximum atomic E-state index is 12.1. The predicted molar refractivity (Wildman–Crippen MR) is 217 cm³/mol. The topological polar surface area (TPSA) is 205 Å². The van der Waals surface area contributed by atoms with Crippen LogP contribution in [0.25, 0.3) is 0 Å². The molecular formula is C39H48O14P2S2. The van der Waals surface area contributed by atoms with Crippen molar-refractivity contribution in [1.29, 1.82) is 0 Å². The van der Waals surface area contributed by atoms with Gasteiger partial charge in [-0.2, -0.15) is 23.5 Å². The highest BCUT2D eigenvalue weighted by Crippen LogP contribution is 2.62. The van der Waals surface area contributed by atoms with Crippen LogP contribution < -0.4 is 9.47 Å². The van der Waals surface area contributed by atoms with E-state index in [4.69, 9.17) is 38.5 Å². The monoisotopic (exact) mass is 866 g/mol. The van der Waals surface area contributed by atoms with Gasteiger partial charge in [-0.3, -0.25) is 18.6 Å². The van der Waals surface area contributed by atoms with E-state index in [0.717, 1.165) is 11.1 Å². The Kier molecular flexibility index (Phi) is 17.1. The van der Waals surface area contributed by atoms with Crippen LogP contribution in [-0.2, 0) is 42.7 Å². The van der Waals surface area contributed by atoms with Crippen molar-refractivity contribution in [3.05, 3.63) is 108 Å². The van der Waals surface area contributed by atoms with Crippen LogP contribution in [0.1, 0.15) is 24.0 Å². The Hall–Kier alpha value is -3.14. The second kappa shape index (κ2) is 21.7. The molecule has 5 rings (SSSR count). The Morgan fingerprint density at radius 2 is 0.930 bits per heavy atom. The van der Waals surface area contributed by atoms with Crippen molar-refractivity contribution >= 4 is 51.1 Å². The molecule has 310 valence electrons. The van der Waals surface area contributed by atoms with Crippen molar-refractivity contribution in [3.63, 3.8) is 0 Å². The molecule has 0 amide bonds. The predicted octanol–water partition coefficient (Wildman–Crippen LogP) is 6.01. The number of carbonyl (C=O) groups excluding carboxylic acids is 2. The van der Waals surface area contributed by atoms with E-state index in [1.54, 1.807) is 0 Å². The molecule has 3 aliphatic rings. The summed E-state index contributed by atoms with van der Waals surface area (Å²) in [6, 6.07) is 16.2. The fourth-order valence-corrected chi connectivity index (χ4v) is 9.76. The zero-order valence-electron chi connectivity index (χ0n) is 31.1. The molecule has 1 saturated carbocycles. The summed E-state index contributed by atoms with van der Waals surface area (Å²) in [5.41, 5.74) is 1.86. The minimum atomic E-state index is -4.49. The Bertz CT molecular complexity index is 1700. The van der Waals surface area contributed by atoms with E-state index >= 15 is 0 Å². The molecule has 0 aromatic heterocycles. The first-order valence-corrected chi connectivity index (χ1v) is 23.8. The number of ether oxygens (including phenoxy) is 4. The van der Waals surface area contributed by atoms with E-state index in [9.17, 15) is 18.7 Å². The van der Waals surface area contributed by atoms with Crippen molar-refractivity contribution in [1.82, 2.24) is 0 Å². The van der Waals surface area contributed by atoms with Gasteiger partial charge in [0.2, 0.25) is 0 Å². The van der Waals surface area contributed by atoms with Gasteiger partial charge in [-0.25, -0.2) is 9.13 Å². The number of fused-ring (bicyclic) bond motifs is 3. The number of allylic oxidation sites excluding steroid dienone is 8. The lowest BCUT2D eigenvalue weighted by Gasteiger charge is -2.41. The summed E-state index contributed by atoms with van der Waals surface area (Å²) < 4.78 is 52.7. The van der Waals surface area contributed by atoms with Gasteiger partial charge in [0.25, 0.3) is 0 Å². The Balaban J connectivity index is 1.15. The molecule has 1 fully saturated rings. The van der Waals surface area contributed by atoms with Crippen molar-refractivity contribution in [2.45, 2.75) is 18.3 Å². The second-order valence-corrected chi connectivity index (χ2v) is 18.1. The summed E-state index contributed by atoms with van der Waals surface area (Å²) in [5.74, 6) is 2.99. The second-order valence-electron chi connectivity index (χ2n) is 13.2. The van der Waals surface area contributed by atoms with E-state index in [1.807, 2.05) is 24.3 Å². The summed E-state index contributed by atoms with van der Waals surface area (Å²) >= 11 is 2.67. The lowest BCUT2D eigenvalue weighted by atomic mass is 9.61. The van der Waals surface area contributed by atoms with Crippen molar-refractivity contribution in [2.75, 3.05) is 62.7 Å². The number of hydrogen-bond acceptors (Lipinski definition) is 12. The first kappa shape index (κ1) is 45.0. The highest BCUT2D eigenvalue weighted by molar-refractivity contribution is 7.99. The summed E-state index contributed by atoms with van der Waals surface area (Å²) in [7, 11) is -8.97. The zero-order valence-corrected chi connectivity index (χ0v) is 34.5. The SMILES string of the molecule is O=C(CCSCCOP(=O)(O)O)OCCOc1ccc(C2(c3ccc(OCCOC(=O)CCSCCOP(=O)(O)O)cc3)C3C=CC=CC3C3C=CC=CC32)cc1. The van der Waals surface area contributed by atoms with Crippen molar-refractivity contribution in [2.24, 2.45) is 23.7 Å². The van der Waals surface area contributed by atoms with Crippen LogP contribution in [0.4, 0.5) is 0 Å². The first-order chi connectivity index (χ1) is 27.4. The zero-order chi connectivity index (χ0) is 40.7. The van der Waals surface area contributed by atoms with Crippen LogP contribution in [0, 0.1) is 23.7 Å². The minimum absolute atomic E-state index is 0.0797. The van der Waals surface area contributed by atoms with Crippen molar-refractivity contribution < 1.29 is 66.3 Å². The molecule has 0 radical (unpaired) electrons. The minimum Gasteiger partial charge on any atom is -0.490 e. The molecule has 4 unspecified atom stereocenters. The number of rotatable bonds is 24. The fraction of sp³-hybridized carbons (Fsp3) is 0.436. The normalized spacial score (nSPS) is 20.5. The molecule has 0 heterocycles. The van der Waals surface area contributed by atoms with Gasteiger partial charge in [0.1, 0.15) is 37.9 Å². The summed E-state index contributed by atoms with van der Waals surface area (Å²) in [6.45, 7) is 0.293. The van der Waals surface area contributed by atoms with E-state index in [-0.39, 0.29) is 88.1 Å². The standard InChI is InChI=1S/C39H48O14P2S2/c40-37(17-25-56-27-23-52-54(42,43)44)50-21-19-48-31-13-9-29(10-14-31)39(35-7-3-1-5-33(35)34-6-2-4-8-36(34)39)30-11-15-32(16-12-30)49-20-22-51-38(41)18-26-57-28-24-53-55(45,46)47/h1-16,33-36H,17-28H2,(H2,42,43,44)(H2,45,46,47). The molecule has 0 bridgehead atoms. The molecule has 2 aromatic rings. The van der Waals surface area contributed by atoms with Gasteiger partial charge in [0, 0.05) is 28.4 Å². The van der Waals surface area contributed by atoms with Gasteiger partial charge in [0.15, 0.2) is 0 Å². The molecular weight excluding hydrogens is 818 g/mol. The van der Waals surface area contributed by atoms with Crippen molar-refractivity contribution in [3.8, 4) is 11.5 Å². The summed E-state index contributed by atoms with van der Waals surface area (Å²) in [6.07, 6.45) is 18.1. The molecule has 2 aromatic carbocycles. The van der Waals surface area contributed by atoms with E-state index in [0.29, 0.717) is 34.5 Å². The van der Waals surface area contributed by atoms with Crippen LogP contribution in [0.5, 0.6) is 11.5 Å². The quantitative estimate of drug-likeness (QED) is 0.0542. The largest absolute Gasteiger partial charge is 0.490 e. The Morgan fingerprint density at radius 1 is 0.544 bits per heavy atom. The molecule has 0 saturated heterocycles. The van der Waals surface area contributed by atoms with E-state index in [2.05, 4.69) is 81.9 Å². The average Bonchev–Trinajstić information content (AvgIpc) is 3.48. The van der Waals surface area contributed by atoms with Crippen LogP contribution >= 0.6 is 39.2 Å². The van der Waals surface area contributed by atoms with Gasteiger partial charge in [-0.15, -0.1) is 0 Å². The fourth-order valence-electron chi connectivity index (χ4n) is 7.43. The maximum Gasteiger partial charge on any atom is 0.469 e. The number of carbonyl (C=O) groups is 2. The lowest BCUT2D eigenvalue weighted by Crippen LogP contribution is -2.39. The number of phosphoric acid groups is 2. The third-order valence-electron chi connectivity index (χ3n) is 9.62. The molecule has 14 nitrogen and oxygen atoms in total. The molecule has 4 N–H and O–H groups in total. The molecule has 57 heavy (non-hydrogen) atoms. The third-order valence-corrected chi connectivity index (χ3v) is 12.6. The summed E-state index contributed by atoms with van der Waals surface area (Å²) in [4.78, 5) is 59.1.